The Bertz CT molecular complexity index is 520. The first kappa shape index (κ1) is 8.82. The van der Waals surface area contributed by atoms with E-state index >= 15 is 0 Å². The maximum Gasteiger partial charge on any atom is 0.344 e. The summed E-state index contributed by atoms with van der Waals surface area (Å²) >= 11 is 0. The summed E-state index contributed by atoms with van der Waals surface area (Å²) in [6, 6.07) is 4.83. The Kier molecular flexibility index (Phi) is 1.65. The second-order valence-corrected chi connectivity index (χ2v) is 4.16. The van der Waals surface area contributed by atoms with E-state index < -0.39 is 10.2 Å². The van der Waals surface area contributed by atoms with Crippen molar-refractivity contribution in [1.29, 1.82) is 0 Å². The molecule has 0 amide bonds. The predicted molar refractivity (Wildman–Crippen MR) is 54.1 cm³/mol. The number of hydrogen-bond donors (Lipinski definition) is 3. The zero-order valence-electron chi connectivity index (χ0n) is 7.06. The first-order valence-electron chi connectivity index (χ1n) is 3.77. The summed E-state index contributed by atoms with van der Waals surface area (Å²) in [4.78, 5) is 0. The smallest absolute Gasteiger partial charge is 0.344 e. The maximum absolute atomic E-state index is 11.1. The van der Waals surface area contributed by atoms with Crippen LogP contribution in [0.2, 0.25) is 0 Å². The highest BCUT2D eigenvalue weighted by Crippen LogP contribution is 2.26. The number of amidine groups is 1. The third kappa shape index (κ3) is 1.27. The van der Waals surface area contributed by atoms with E-state index in [1.54, 1.807) is 18.2 Å². The van der Waals surface area contributed by atoms with E-state index in [-0.39, 0.29) is 5.84 Å². The molecule has 1 aromatic rings. The van der Waals surface area contributed by atoms with Gasteiger partial charge in [-0.05, 0) is 12.1 Å². The van der Waals surface area contributed by atoms with Crippen LogP contribution in [0.25, 0.3) is 0 Å². The van der Waals surface area contributed by atoms with Gasteiger partial charge in [0.25, 0.3) is 0 Å². The summed E-state index contributed by atoms with van der Waals surface area (Å²) in [7, 11) is -3.70. The number of nitrogens with two attached hydrogens (primary N) is 2. The Morgan fingerprint density at radius 3 is 2.71 bits per heavy atom. The molecule has 0 spiro atoms. The SMILES string of the molecule is NC1=NS(=O)(=O)Nc2cccc(N)c21. The second-order valence-electron chi connectivity index (χ2n) is 2.82. The van der Waals surface area contributed by atoms with Crippen molar-refractivity contribution in [1.82, 2.24) is 0 Å². The molecular weight excluding hydrogens is 204 g/mol. The first-order valence-corrected chi connectivity index (χ1v) is 5.21. The molecule has 5 N–H and O–H groups in total. The molecule has 0 fully saturated rings. The van der Waals surface area contributed by atoms with Gasteiger partial charge in [-0.3, -0.25) is 4.72 Å². The summed E-state index contributed by atoms with van der Waals surface area (Å²) in [6.45, 7) is 0. The van der Waals surface area contributed by atoms with Crippen molar-refractivity contribution < 1.29 is 8.42 Å². The minimum absolute atomic E-state index is 0.0862. The van der Waals surface area contributed by atoms with Crippen molar-refractivity contribution >= 4 is 27.4 Å². The second kappa shape index (κ2) is 2.61. The number of rotatable bonds is 0. The molecule has 1 aliphatic rings. The fraction of sp³-hybridized carbons (Fsp3) is 0. The molecule has 0 atom stereocenters. The Morgan fingerprint density at radius 2 is 2.00 bits per heavy atom. The number of hydrogen-bond acceptors (Lipinski definition) is 4. The van der Waals surface area contributed by atoms with E-state index in [1.807, 2.05) is 0 Å². The lowest BCUT2D eigenvalue weighted by atomic mass is 10.1. The molecule has 1 aliphatic heterocycles. The van der Waals surface area contributed by atoms with Crippen molar-refractivity contribution in [3.63, 3.8) is 0 Å². The number of nitrogens with one attached hydrogen (secondary N) is 1. The molecule has 0 saturated heterocycles. The van der Waals surface area contributed by atoms with Crippen LogP contribution in [0.1, 0.15) is 5.56 Å². The van der Waals surface area contributed by atoms with Gasteiger partial charge in [-0.15, -0.1) is 4.40 Å². The molecule has 2 rings (SSSR count). The average molecular weight is 212 g/mol. The zero-order chi connectivity index (χ0) is 10.3. The molecule has 1 heterocycles. The molecule has 0 radical (unpaired) electrons. The predicted octanol–water partition coefficient (Wildman–Crippen LogP) is -0.356. The van der Waals surface area contributed by atoms with Crippen molar-refractivity contribution in [2.75, 3.05) is 10.5 Å². The summed E-state index contributed by atoms with van der Waals surface area (Å²) in [5, 5.41) is 0. The van der Waals surface area contributed by atoms with Gasteiger partial charge in [0.15, 0.2) is 0 Å². The van der Waals surface area contributed by atoms with E-state index in [9.17, 15) is 8.42 Å². The summed E-state index contributed by atoms with van der Waals surface area (Å²) in [5.74, 6) is -0.0862. The number of anilines is 2. The van der Waals surface area contributed by atoms with Crippen LogP contribution in [-0.2, 0) is 10.2 Å². The van der Waals surface area contributed by atoms with Gasteiger partial charge in [0, 0.05) is 5.69 Å². The molecule has 0 aromatic heterocycles. The maximum atomic E-state index is 11.1. The molecule has 0 saturated carbocycles. The van der Waals surface area contributed by atoms with E-state index in [1.165, 1.54) is 0 Å². The monoisotopic (exact) mass is 212 g/mol. The minimum Gasteiger partial charge on any atom is -0.398 e. The lowest BCUT2D eigenvalue weighted by Crippen LogP contribution is -2.27. The van der Waals surface area contributed by atoms with Gasteiger partial charge >= 0.3 is 10.2 Å². The van der Waals surface area contributed by atoms with Crippen LogP contribution in [0.15, 0.2) is 22.6 Å². The highest BCUT2D eigenvalue weighted by Gasteiger charge is 2.22. The summed E-state index contributed by atoms with van der Waals surface area (Å²) in [6.07, 6.45) is 0. The Balaban J connectivity index is 2.74. The highest BCUT2D eigenvalue weighted by molar-refractivity contribution is 7.91. The van der Waals surface area contributed by atoms with Gasteiger partial charge in [0.2, 0.25) is 0 Å². The Hall–Kier alpha value is -1.76. The fourth-order valence-corrected chi connectivity index (χ4v) is 2.12. The largest absolute Gasteiger partial charge is 0.398 e. The number of benzene rings is 1. The van der Waals surface area contributed by atoms with Crippen molar-refractivity contribution in [2.45, 2.75) is 0 Å². The molecule has 0 unspecified atom stereocenters. The normalized spacial score (nSPS) is 17.9. The quantitative estimate of drug-likeness (QED) is 0.510. The van der Waals surface area contributed by atoms with Crippen LogP contribution in [0.3, 0.4) is 0 Å². The average Bonchev–Trinajstić information content (AvgIpc) is 2.00. The lowest BCUT2D eigenvalue weighted by molar-refractivity contribution is 0.602. The molecular formula is C7H8N4O2S. The van der Waals surface area contributed by atoms with Crippen LogP contribution >= 0.6 is 0 Å². The Labute approximate surface area is 80.8 Å². The number of fused-ring (bicyclic) bond motifs is 1. The molecule has 0 bridgehead atoms. The molecule has 74 valence electrons. The third-order valence-electron chi connectivity index (χ3n) is 1.81. The molecule has 1 aromatic carbocycles. The van der Waals surface area contributed by atoms with Gasteiger partial charge < -0.3 is 11.5 Å². The molecule has 14 heavy (non-hydrogen) atoms. The standard InChI is InChI=1S/C7H8N4O2S/c8-4-2-1-3-5-6(4)7(9)11-14(12,13)10-5/h1-3,10H,8H2,(H2,9,11). The van der Waals surface area contributed by atoms with Crippen LogP contribution in [0.5, 0.6) is 0 Å². The van der Waals surface area contributed by atoms with E-state index in [4.69, 9.17) is 11.5 Å². The van der Waals surface area contributed by atoms with E-state index in [2.05, 4.69) is 9.12 Å². The van der Waals surface area contributed by atoms with Crippen LogP contribution in [-0.4, -0.2) is 14.3 Å². The van der Waals surface area contributed by atoms with E-state index in [0.717, 1.165) is 0 Å². The van der Waals surface area contributed by atoms with Gasteiger partial charge in [0.1, 0.15) is 5.84 Å². The van der Waals surface area contributed by atoms with Crippen LogP contribution in [0, 0.1) is 0 Å². The number of nitrogen functional groups attached to an aromatic ring is 1. The van der Waals surface area contributed by atoms with Crippen molar-refractivity contribution in [2.24, 2.45) is 10.1 Å². The molecule has 6 nitrogen and oxygen atoms in total. The fourth-order valence-electron chi connectivity index (χ4n) is 1.28. The van der Waals surface area contributed by atoms with Gasteiger partial charge in [-0.2, -0.15) is 8.42 Å². The van der Waals surface area contributed by atoms with Gasteiger partial charge in [-0.1, -0.05) is 6.07 Å². The van der Waals surface area contributed by atoms with Gasteiger partial charge in [0.05, 0.1) is 11.3 Å². The van der Waals surface area contributed by atoms with Crippen LogP contribution < -0.4 is 16.2 Å². The zero-order valence-corrected chi connectivity index (χ0v) is 7.88. The minimum atomic E-state index is -3.70. The summed E-state index contributed by atoms with van der Waals surface area (Å²) in [5.41, 5.74) is 12.3. The van der Waals surface area contributed by atoms with Crippen molar-refractivity contribution in [3.8, 4) is 0 Å². The number of nitrogens with zero attached hydrogens (tertiary/aromatic N) is 1. The molecule has 0 aliphatic carbocycles. The Morgan fingerprint density at radius 1 is 1.29 bits per heavy atom. The van der Waals surface area contributed by atoms with Crippen LogP contribution in [0.4, 0.5) is 11.4 Å². The van der Waals surface area contributed by atoms with E-state index in [0.29, 0.717) is 16.9 Å². The third-order valence-corrected chi connectivity index (χ3v) is 2.73. The summed E-state index contributed by atoms with van der Waals surface area (Å²) < 4.78 is 27.8. The van der Waals surface area contributed by atoms with Gasteiger partial charge in [-0.25, -0.2) is 0 Å². The molecule has 7 heteroatoms. The first-order chi connectivity index (χ1) is 6.49. The lowest BCUT2D eigenvalue weighted by Gasteiger charge is -2.16. The highest BCUT2D eigenvalue weighted by atomic mass is 32.2. The van der Waals surface area contributed by atoms with Crippen molar-refractivity contribution in [3.05, 3.63) is 23.8 Å². The topological polar surface area (TPSA) is 111 Å².